The van der Waals surface area contributed by atoms with Gasteiger partial charge in [-0.15, -0.1) is 0 Å². The SMILES string of the molecule is CCOc1cc(C#N)cc(Br)c1OCC(=O)Nc1cc(C)nn1-c1ccc(F)cc1. The number of nitrogens with one attached hydrogen (secondary N) is 1. The average molecular weight is 473 g/mol. The van der Waals surface area contributed by atoms with Crippen molar-refractivity contribution in [2.24, 2.45) is 0 Å². The maximum absolute atomic E-state index is 13.2. The van der Waals surface area contributed by atoms with Crippen molar-refractivity contribution < 1.29 is 18.7 Å². The van der Waals surface area contributed by atoms with Gasteiger partial charge in [-0.1, -0.05) is 0 Å². The van der Waals surface area contributed by atoms with E-state index in [0.29, 0.717) is 45.3 Å². The minimum absolute atomic E-state index is 0.293. The highest BCUT2D eigenvalue weighted by Crippen LogP contribution is 2.36. The lowest BCUT2D eigenvalue weighted by Crippen LogP contribution is -2.22. The molecule has 0 aliphatic carbocycles. The van der Waals surface area contributed by atoms with Gasteiger partial charge in [0.25, 0.3) is 5.91 Å². The first kappa shape index (κ1) is 21.3. The Morgan fingerprint density at radius 2 is 2.00 bits per heavy atom. The molecule has 0 aliphatic rings. The van der Waals surface area contributed by atoms with Gasteiger partial charge in [0.1, 0.15) is 11.6 Å². The molecule has 1 N–H and O–H groups in total. The molecule has 7 nitrogen and oxygen atoms in total. The van der Waals surface area contributed by atoms with E-state index in [4.69, 9.17) is 14.7 Å². The number of hydrogen-bond donors (Lipinski definition) is 1. The van der Waals surface area contributed by atoms with E-state index in [2.05, 4.69) is 26.3 Å². The van der Waals surface area contributed by atoms with Gasteiger partial charge in [0.2, 0.25) is 0 Å². The van der Waals surface area contributed by atoms with Gasteiger partial charge in [0, 0.05) is 12.1 Å². The molecule has 1 aromatic heterocycles. The largest absolute Gasteiger partial charge is 0.490 e. The monoisotopic (exact) mass is 472 g/mol. The summed E-state index contributed by atoms with van der Waals surface area (Å²) in [6.07, 6.45) is 0. The van der Waals surface area contributed by atoms with E-state index in [-0.39, 0.29) is 12.4 Å². The minimum atomic E-state index is -0.419. The maximum atomic E-state index is 13.2. The number of aromatic nitrogens is 2. The molecule has 0 saturated heterocycles. The van der Waals surface area contributed by atoms with E-state index in [1.165, 1.54) is 16.8 Å². The standard InChI is InChI=1S/C21H18BrFN4O3/c1-3-29-18-10-14(11-24)9-17(22)21(18)30-12-20(28)25-19-8-13(2)26-27(19)16-6-4-15(23)5-7-16/h4-10H,3,12H2,1-2H3,(H,25,28). The molecule has 0 radical (unpaired) electrons. The third-order valence-electron chi connectivity index (χ3n) is 3.96. The summed E-state index contributed by atoms with van der Waals surface area (Å²) in [7, 11) is 0. The second kappa shape index (κ2) is 9.41. The molecule has 1 heterocycles. The van der Waals surface area contributed by atoms with Crippen LogP contribution in [0.25, 0.3) is 5.69 Å². The predicted molar refractivity (Wildman–Crippen MR) is 112 cm³/mol. The summed E-state index contributed by atoms with van der Waals surface area (Å²) in [6.45, 7) is 3.68. The molecule has 0 unspecified atom stereocenters. The number of halogens is 2. The molecular weight excluding hydrogens is 455 g/mol. The molecule has 0 atom stereocenters. The van der Waals surface area contributed by atoms with Crippen molar-refractivity contribution in [2.45, 2.75) is 13.8 Å². The molecule has 30 heavy (non-hydrogen) atoms. The number of amides is 1. The van der Waals surface area contributed by atoms with Gasteiger partial charge in [-0.2, -0.15) is 10.4 Å². The van der Waals surface area contributed by atoms with E-state index in [0.717, 1.165) is 0 Å². The van der Waals surface area contributed by atoms with E-state index in [1.807, 2.05) is 13.0 Å². The van der Waals surface area contributed by atoms with Crippen molar-refractivity contribution in [2.75, 3.05) is 18.5 Å². The van der Waals surface area contributed by atoms with Crippen LogP contribution in [0.4, 0.5) is 10.2 Å². The number of benzene rings is 2. The van der Waals surface area contributed by atoms with Crippen LogP contribution >= 0.6 is 15.9 Å². The van der Waals surface area contributed by atoms with Gasteiger partial charge in [-0.05, 0) is 60.1 Å². The lowest BCUT2D eigenvalue weighted by atomic mass is 10.2. The first-order chi connectivity index (χ1) is 14.4. The number of nitrogens with zero attached hydrogens (tertiary/aromatic N) is 3. The molecule has 3 rings (SSSR count). The first-order valence-corrected chi connectivity index (χ1v) is 9.82. The summed E-state index contributed by atoms with van der Waals surface area (Å²) in [5, 5.41) is 16.2. The van der Waals surface area contributed by atoms with E-state index < -0.39 is 5.91 Å². The lowest BCUT2D eigenvalue weighted by Gasteiger charge is -2.14. The number of aryl methyl sites for hydroxylation is 1. The van der Waals surface area contributed by atoms with Crippen LogP contribution in [-0.2, 0) is 4.79 Å². The number of carbonyl (C=O) groups is 1. The van der Waals surface area contributed by atoms with E-state index in [9.17, 15) is 9.18 Å². The Labute approximate surface area is 181 Å². The molecule has 0 saturated carbocycles. The molecule has 0 spiro atoms. The lowest BCUT2D eigenvalue weighted by molar-refractivity contribution is -0.118. The number of nitriles is 1. The Morgan fingerprint density at radius 1 is 1.27 bits per heavy atom. The van der Waals surface area contributed by atoms with Crippen molar-refractivity contribution in [3.63, 3.8) is 0 Å². The van der Waals surface area contributed by atoms with Crippen LogP contribution in [0.5, 0.6) is 11.5 Å². The molecule has 2 aromatic carbocycles. The normalized spacial score (nSPS) is 10.4. The van der Waals surface area contributed by atoms with Gasteiger partial charge in [0.15, 0.2) is 18.1 Å². The highest BCUT2D eigenvalue weighted by molar-refractivity contribution is 9.10. The average Bonchev–Trinajstić information content (AvgIpc) is 3.07. The Morgan fingerprint density at radius 3 is 2.67 bits per heavy atom. The molecule has 0 bridgehead atoms. The van der Waals surface area contributed by atoms with Crippen LogP contribution in [0.1, 0.15) is 18.2 Å². The van der Waals surface area contributed by atoms with Crippen molar-refractivity contribution in [3.05, 3.63) is 64.0 Å². The fourth-order valence-electron chi connectivity index (χ4n) is 2.72. The summed E-state index contributed by atoms with van der Waals surface area (Å²) in [6, 6.07) is 12.6. The number of anilines is 1. The minimum Gasteiger partial charge on any atom is -0.490 e. The Balaban J connectivity index is 1.75. The number of rotatable bonds is 7. The van der Waals surface area contributed by atoms with Gasteiger partial charge in [-0.3, -0.25) is 4.79 Å². The molecule has 0 aliphatic heterocycles. The maximum Gasteiger partial charge on any atom is 0.263 e. The molecule has 0 fully saturated rings. The highest BCUT2D eigenvalue weighted by Gasteiger charge is 2.16. The molecule has 1 amide bonds. The van der Waals surface area contributed by atoms with Crippen molar-refractivity contribution in [3.8, 4) is 23.3 Å². The fourth-order valence-corrected chi connectivity index (χ4v) is 3.28. The summed E-state index contributed by atoms with van der Waals surface area (Å²) < 4.78 is 26.4. The van der Waals surface area contributed by atoms with Gasteiger partial charge >= 0.3 is 0 Å². The van der Waals surface area contributed by atoms with Crippen LogP contribution in [0.15, 0.2) is 46.9 Å². The zero-order valence-electron chi connectivity index (χ0n) is 16.3. The smallest absolute Gasteiger partial charge is 0.263 e. The summed E-state index contributed by atoms with van der Waals surface area (Å²) in [5.41, 5.74) is 1.69. The zero-order valence-corrected chi connectivity index (χ0v) is 17.9. The summed E-state index contributed by atoms with van der Waals surface area (Å²) in [5.74, 6) is 0.339. The molecular formula is C21H18BrFN4O3. The highest BCUT2D eigenvalue weighted by atomic mass is 79.9. The number of ether oxygens (including phenoxy) is 2. The van der Waals surface area contributed by atoms with Crippen molar-refractivity contribution in [1.29, 1.82) is 5.26 Å². The molecule has 154 valence electrons. The van der Waals surface area contributed by atoms with E-state index in [1.54, 1.807) is 37.3 Å². The fraction of sp³-hybridized carbons (Fsp3) is 0.190. The zero-order chi connectivity index (χ0) is 21.7. The van der Waals surface area contributed by atoms with Crippen LogP contribution in [0, 0.1) is 24.1 Å². The third-order valence-corrected chi connectivity index (χ3v) is 4.55. The first-order valence-electron chi connectivity index (χ1n) is 9.03. The summed E-state index contributed by atoms with van der Waals surface area (Å²) in [4.78, 5) is 12.5. The van der Waals surface area contributed by atoms with Crippen molar-refractivity contribution >= 4 is 27.7 Å². The number of hydrogen-bond acceptors (Lipinski definition) is 5. The van der Waals surface area contributed by atoms with Crippen molar-refractivity contribution in [1.82, 2.24) is 9.78 Å². The van der Waals surface area contributed by atoms with Crippen LogP contribution in [0.2, 0.25) is 0 Å². The Kier molecular flexibility index (Phi) is 6.69. The summed E-state index contributed by atoms with van der Waals surface area (Å²) >= 11 is 3.34. The second-order valence-electron chi connectivity index (χ2n) is 6.23. The second-order valence-corrected chi connectivity index (χ2v) is 7.08. The van der Waals surface area contributed by atoms with Gasteiger partial charge in [-0.25, -0.2) is 9.07 Å². The topological polar surface area (TPSA) is 89.2 Å². The number of carbonyl (C=O) groups excluding carboxylic acids is 1. The quantitative estimate of drug-likeness (QED) is 0.551. The van der Waals surface area contributed by atoms with E-state index >= 15 is 0 Å². The predicted octanol–water partition coefficient (Wildman–Crippen LogP) is 4.37. The van der Waals surface area contributed by atoms with Crippen LogP contribution in [-0.4, -0.2) is 28.9 Å². The molecule has 9 heteroatoms. The van der Waals surface area contributed by atoms with Crippen LogP contribution in [0.3, 0.4) is 0 Å². The van der Waals surface area contributed by atoms with Gasteiger partial charge in [0.05, 0.1) is 34.1 Å². The molecule has 3 aromatic rings. The Hall–Kier alpha value is -3.38. The van der Waals surface area contributed by atoms with Crippen LogP contribution < -0.4 is 14.8 Å². The van der Waals surface area contributed by atoms with Gasteiger partial charge < -0.3 is 14.8 Å². The third kappa shape index (κ3) is 4.96. The Bertz CT molecular complexity index is 1110.